The zero-order valence-corrected chi connectivity index (χ0v) is 18.1. The van der Waals surface area contributed by atoms with Crippen molar-refractivity contribution >= 4 is 17.5 Å². The van der Waals surface area contributed by atoms with Gasteiger partial charge < -0.3 is 19.9 Å². The van der Waals surface area contributed by atoms with Crippen LogP contribution in [-0.4, -0.2) is 35.6 Å². The van der Waals surface area contributed by atoms with Gasteiger partial charge in [0.25, 0.3) is 0 Å². The predicted octanol–water partition coefficient (Wildman–Crippen LogP) is 3.36. The molecule has 0 aliphatic rings. The van der Waals surface area contributed by atoms with E-state index in [9.17, 15) is 9.59 Å². The molecule has 0 aliphatic heterocycles. The van der Waals surface area contributed by atoms with Crippen molar-refractivity contribution in [3.63, 3.8) is 0 Å². The summed E-state index contributed by atoms with van der Waals surface area (Å²) in [6, 6.07) is 11.3. The third-order valence-corrected chi connectivity index (χ3v) is 4.77. The van der Waals surface area contributed by atoms with Crippen LogP contribution in [0.4, 0.5) is 5.69 Å². The maximum Gasteiger partial charge on any atom is 0.243 e. The van der Waals surface area contributed by atoms with Crippen molar-refractivity contribution in [2.75, 3.05) is 19.0 Å². The van der Waals surface area contributed by atoms with E-state index in [0.29, 0.717) is 11.7 Å². The zero-order valence-electron chi connectivity index (χ0n) is 18.1. The number of methoxy groups -OCH3 is 1. The van der Waals surface area contributed by atoms with E-state index in [1.54, 1.807) is 7.11 Å². The zero-order chi connectivity index (χ0) is 22.4. The van der Waals surface area contributed by atoms with Crippen molar-refractivity contribution in [3.8, 4) is 17.1 Å². The first-order chi connectivity index (χ1) is 14.9. The van der Waals surface area contributed by atoms with Gasteiger partial charge in [-0.25, -0.2) is 0 Å². The number of nitrogens with one attached hydrogen (secondary N) is 2. The number of amides is 2. The molecule has 0 radical (unpaired) electrons. The molecule has 162 valence electrons. The van der Waals surface area contributed by atoms with Crippen LogP contribution in [0.2, 0.25) is 0 Å². The first-order valence-corrected chi connectivity index (χ1v) is 9.97. The second-order valence-corrected chi connectivity index (χ2v) is 7.34. The highest BCUT2D eigenvalue weighted by atomic mass is 16.5. The molecule has 0 saturated heterocycles. The molecular formula is C23H26N4O4. The van der Waals surface area contributed by atoms with Gasteiger partial charge in [-0.15, -0.1) is 0 Å². The first-order valence-electron chi connectivity index (χ1n) is 9.97. The molecule has 3 rings (SSSR count). The largest absolute Gasteiger partial charge is 0.497 e. The summed E-state index contributed by atoms with van der Waals surface area (Å²) < 4.78 is 10.3. The lowest BCUT2D eigenvalue weighted by Crippen LogP contribution is -2.33. The van der Waals surface area contributed by atoms with E-state index < -0.39 is 0 Å². The Labute approximate surface area is 181 Å². The summed E-state index contributed by atoms with van der Waals surface area (Å²) in [5.41, 5.74) is 4.68. The van der Waals surface area contributed by atoms with Gasteiger partial charge in [0.15, 0.2) is 0 Å². The minimum atomic E-state index is -0.275. The molecule has 0 saturated carbocycles. The van der Waals surface area contributed by atoms with Gasteiger partial charge in [0.05, 0.1) is 13.7 Å². The van der Waals surface area contributed by atoms with Crippen LogP contribution in [0.3, 0.4) is 0 Å². The number of anilines is 1. The Balaban J connectivity index is 1.46. The third-order valence-electron chi connectivity index (χ3n) is 4.77. The predicted molar refractivity (Wildman–Crippen MR) is 117 cm³/mol. The van der Waals surface area contributed by atoms with Crippen LogP contribution in [0.1, 0.15) is 29.0 Å². The molecule has 0 spiro atoms. The van der Waals surface area contributed by atoms with Crippen molar-refractivity contribution in [3.05, 3.63) is 59.0 Å². The highest BCUT2D eigenvalue weighted by Crippen LogP contribution is 2.22. The molecule has 0 atom stereocenters. The highest BCUT2D eigenvalue weighted by molar-refractivity contribution is 5.95. The van der Waals surface area contributed by atoms with Crippen LogP contribution in [-0.2, 0) is 16.0 Å². The lowest BCUT2D eigenvalue weighted by molar-refractivity contribution is -0.124. The number of carbonyl (C=O) groups is 2. The molecule has 8 heteroatoms. The molecule has 0 bridgehead atoms. The molecule has 0 unspecified atom stereocenters. The van der Waals surface area contributed by atoms with Crippen LogP contribution >= 0.6 is 0 Å². The van der Waals surface area contributed by atoms with E-state index in [0.717, 1.165) is 33.7 Å². The van der Waals surface area contributed by atoms with Crippen molar-refractivity contribution in [1.82, 2.24) is 15.5 Å². The minimum Gasteiger partial charge on any atom is -0.497 e. The summed E-state index contributed by atoms with van der Waals surface area (Å²) >= 11 is 0. The highest BCUT2D eigenvalue weighted by Gasteiger charge is 2.13. The fraction of sp³-hybridized carbons (Fsp3) is 0.304. The Morgan fingerprint density at radius 2 is 1.71 bits per heavy atom. The number of nitrogens with zero attached hydrogens (tertiary/aromatic N) is 2. The lowest BCUT2D eigenvalue weighted by Gasteiger charge is -2.13. The first kappa shape index (κ1) is 22.0. The smallest absolute Gasteiger partial charge is 0.243 e. The molecular weight excluding hydrogens is 396 g/mol. The van der Waals surface area contributed by atoms with Gasteiger partial charge in [0.1, 0.15) is 5.75 Å². The van der Waals surface area contributed by atoms with Gasteiger partial charge >= 0.3 is 0 Å². The summed E-state index contributed by atoms with van der Waals surface area (Å²) in [6.07, 6.45) is 0.424. The summed E-state index contributed by atoms with van der Waals surface area (Å²) in [6.45, 7) is 5.79. The average molecular weight is 422 g/mol. The second-order valence-electron chi connectivity index (χ2n) is 7.34. The van der Waals surface area contributed by atoms with Crippen LogP contribution in [0.5, 0.6) is 5.75 Å². The number of hydrogen-bond donors (Lipinski definition) is 2. The molecule has 3 aromatic rings. The maximum atomic E-state index is 12.2. The summed E-state index contributed by atoms with van der Waals surface area (Å²) in [5, 5.41) is 9.42. The standard InChI is InChI=1S/C23H26N4O4/c1-14-11-15(2)22(16(3)12-14)25-20(29)13-24-19(28)9-10-21-26-23(27-31-21)17-5-7-18(30-4)8-6-17/h5-8,11-12H,9-10,13H2,1-4H3,(H,24,28)(H,25,29). The molecule has 2 aromatic carbocycles. The molecule has 1 heterocycles. The van der Waals surface area contributed by atoms with Gasteiger partial charge in [0, 0.05) is 24.1 Å². The number of carbonyl (C=O) groups excluding carboxylic acids is 2. The fourth-order valence-electron chi connectivity index (χ4n) is 3.26. The van der Waals surface area contributed by atoms with Gasteiger partial charge in [0.2, 0.25) is 23.5 Å². The molecule has 2 N–H and O–H groups in total. The molecule has 1 aromatic heterocycles. The fourth-order valence-corrected chi connectivity index (χ4v) is 3.26. The Morgan fingerprint density at radius 1 is 1.03 bits per heavy atom. The SMILES string of the molecule is COc1ccc(-c2noc(CCC(=O)NCC(=O)Nc3c(C)cc(C)cc3C)n2)cc1. The molecule has 2 amide bonds. The summed E-state index contributed by atoms with van der Waals surface area (Å²) in [7, 11) is 1.60. The van der Waals surface area contributed by atoms with Gasteiger partial charge in [-0.05, 0) is 56.2 Å². The van der Waals surface area contributed by atoms with E-state index in [-0.39, 0.29) is 31.2 Å². The number of rotatable bonds is 8. The summed E-state index contributed by atoms with van der Waals surface area (Å²) in [4.78, 5) is 28.6. The van der Waals surface area contributed by atoms with Crippen molar-refractivity contribution in [1.29, 1.82) is 0 Å². The van der Waals surface area contributed by atoms with Crippen LogP contribution < -0.4 is 15.4 Å². The number of aromatic nitrogens is 2. The Hall–Kier alpha value is -3.68. The van der Waals surface area contributed by atoms with Crippen LogP contribution in [0.25, 0.3) is 11.4 Å². The normalized spacial score (nSPS) is 10.6. The van der Waals surface area contributed by atoms with Gasteiger partial charge in [-0.1, -0.05) is 22.9 Å². The van der Waals surface area contributed by atoms with E-state index >= 15 is 0 Å². The number of ether oxygens (including phenoxy) is 1. The Bertz CT molecular complexity index is 1050. The molecule has 0 fully saturated rings. The maximum absolute atomic E-state index is 12.2. The third kappa shape index (κ3) is 5.91. The topological polar surface area (TPSA) is 106 Å². The number of aryl methyl sites for hydroxylation is 4. The second kappa shape index (κ2) is 9.88. The Kier molecular flexibility index (Phi) is 7.02. The van der Waals surface area contributed by atoms with E-state index in [2.05, 4.69) is 20.8 Å². The van der Waals surface area contributed by atoms with Gasteiger partial charge in [-0.3, -0.25) is 9.59 Å². The molecule has 0 aliphatic carbocycles. The number of benzene rings is 2. The molecule has 31 heavy (non-hydrogen) atoms. The Morgan fingerprint density at radius 3 is 2.35 bits per heavy atom. The van der Waals surface area contributed by atoms with Crippen molar-refractivity contribution in [2.45, 2.75) is 33.6 Å². The summed E-state index contributed by atoms with van der Waals surface area (Å²) in [5.74, 6) is 0.998. The quantitative estimate of drug-likeness (QED) is 0.577. The average Bonchev–Trinajstić information content (AvgIpc) is 3.22. The van der Waals surface area contributed by atoms with Crippen molar-refractivity contribution < 1.29 is 18.8 Å². The van der Waals surface area contributed by atoms with Crippen LogP contribution in [0.15, 0.2) is 40.9 Å². The van der Waals surface area contributed by atoms with E-state index in [1.165, 1.54) is 0 Å². The molecule has 8 nitrogen and oxygen atoms in total. The van der Waals surface area contributed by atoms with Gasteiger partial charge in [-0.2, -0.15) is 4.98 Å². The van der Waals surface area contributed by atoms with E-state index in [4.69, 9.17) is 9.26 Å². The van der Waals surface area contributed by atoms with Crippen LogP contribution in [0, 0.1) is 20.8 Å². The monoisotopic (exact) mass is 422 g/mol. The minimum absolute atomic E-state index is 0.105. The van der Waals surface area contributed by atoms with Crippen molar-refractivity contribution in [2.24, 2.45) is 0 Å². The van der Waals surface area contributed by atoms with E-state index in [1.807, 2.05) is 57.2 Å². The number of hydrogen-bond acceptors (Lipinski definition) is 6. The lowest BCUT2D eigenvalue weighted by atomic mass is 10.1.